The summed E-state index contributed by atoms with van der Waals surface area (Å²) in [7, 11) is 0. The standard InChI is InChI=1S/C11H12INO4/c12-7-1-2-8-17-11(14)9-3-5-10(6-4-9)13(15)16/h3-6H,1-2,7-8H2. The van der Waals surface area contributed by atoms with Crippen LogP contribution in [0.3, 0.4) is 0 Å². The molecule has 0 spiro atoms. The Bertz CT molecular complexity index is 391. The summed E-state index contributed by atoms with van der Waals surface area (Å²) in [6.45, 7) is 0.388. The summed E-state index contributed by atoms with van der Waals surface area (Å²) in [6, 6.07) is 5.39. The van der Waals surface area contributed by atoms with E-state index in [9.17, 15) is 14.9 Å². The molecule has 0 aromatic heterocycles. The van der Waals surface area contributed by atoms with Gasteiger partial charge in [0.05, 0.1) is 17.1 Å². The van der Waals surface area contributed by atoms with E-state index in [0.29, 0.717) is 12.2 Å². The number of esters is 1. The molecular weight excluding hydrogens is 337 g/mol. The summed E-state index contributed by atoms with van der Waals surface area (Å²) in [5, 5.41) is 10.4. The van der Waals surface area contributed by atoms with Crippen molar-refractivity contribution in [2.45, 2.75) is 12.8 Å². The molecule has 92 valence electrons. The lowest BCUT2D eigenvalue weighted by molar-refractivity contribution is -0.384. The molecule has 0 atom stereocenters. The van der Waals surface area contributed by atoms with Gasteiger partial charge in [0.25, 0.3) is 5.69 Å². The highest BCUT2D eigenvalue weighted by Crippen LogP contribution is 2.12. The van der Waals surface area contributed by atoms with Crippen LogP contribution >= 0.6 is 22.6 Å². The van der Waals surface area contributed by atoms with Gasteiger partial charge < -0.3 is 4.74 Å². The minimum Gasteiger partial charge on any atom is -0.462 e. The summed E-state index contributed by atoms with van der Waals surface area (Å²) in [6.07, 6.45) is 1.84. The van der Waals surface area contributed by atoms with E-state index in [4.69, 9.17) is 4.74 Å². The first-order valence-electron chi connectivity index (χ1n) is 5.12. The first kappa shape index (κ1) is 13.9. The number of non-ortho nitro benzene ring substituents is 1. The molecule has 0 N–H and O–H groups in total. The van der Waals surface area contributed by atoms with E-state index in [1.165, 1.54) is 24.3 Å². The van der Waals surface area contributed by atoms with E-state index >= 15 is 0 Å². The van der Waals surface area contributed by atoms with E-state index in [1.54, 1.807) is 0 Å². The Labute approximate surface area is 112 Å². The Hall–Kier alpha value is -1.18. The molecule has 0 radical (unpaired) electrons. The molecule has 17 heavy (non-hydrogen) atoms. The fourth-order valence-corrected chi connectivity index (χ4v) is 1.70. The third-order valence-corrected chi connectivity index (χ3v) is 2.84. The SMILES string of the molecule is O=C(OCCCCI)c1ccc([N+](=O)[O-])cc1. The highest BCUT2D eigenvalue weighted by atomic mass is 127. The molecule has 0 unspecified atom stereocenters. The summed E-state index contributed by atoms with van der Waals surface area (Å²) in [4.78, 5) is 21.4. The first-order valence-corrected chi connectivity index (χ1v) is 6.65. The number of nitrogens with zero attached hydrogens (tertiary/aromatic N) is 1. The van der Waals surface area contributed by atoms with E-state index in [2.05, 4.69) is 22.6 Å². The van der Waals surface area contributed by atoms with Crippen molar-refractivity contribution < 1.29 is 14.5 Å². The summed E-state index contributed by atoms with van der Waals surface area (Å²) >= 11 is 2.26. The lowest BCUT2D eigenvalue weighted by Gasteiger charge is -2.03. The van der Waals surface area contributed by atoms with E-state index in [0.717, 1.165) is 17.3 Å². The molecule has 5 nitrogen and oxygen atoms in total. The van der Waals surface area contributed by atoms with Gasteiger partial charge in [-0.1, -0.05) is 22.6 Å². The minimum atomic E-state index is -0.504. The molecule has 0 fully saturated rings. The molecule has 0 saturated carbocycles. The van der Waals surface area contributed by atoms with Crippen LogP contribution < -0.4 is 0 Å². The van der Waals surface area contributed by atoms with Crippen LogP contribution in [0.15, 0.2) is 24.3 Å². The van der Waals surface area contributed by atoms with Gasteiger partial charge in [0.15, 0.2) is 0 Å². The summed E-state index contributed by atoms with van der Waals surface area (Å²) < 4.78 is 6.05. The predicted molar refractivity (Wildman–Crippen MR) is 71.5 cm³/mol. The fourth-order valence-electron chi connectivity index (χ4n) is 1.16. The van der Waals surface area contributed by atoms with Gasteiger partial charge in [0, 0.05) is 12.1 Å². The molecule has 0 heterocycles. The third-order valence-electron chi connectivity index (χ3n) is 2.07. The van der Waals surface area contributed by atoms with E-state index in [1.807, 2.05) is 0 Å². The van der Waals surface area contributed by atoms with Gasteiger partial charge in [-0.2, -0.15) is 0 Å². The third kappa shape index (κ3) is 4.68. The van der Waals surface area contributed by atoms with Crippen LogP contribution in [-0.2, 0) is 4.74 Å². The summed E-state index contributed by atoms with van der Waals surface area (Å²) in [5.74, 6) is -0.437. The Morgan fingerprint density at radius 2 is 1.94 bits per heavy atom. The van der Waals surface area contributed by atoms with Gasteiger partial charge in [-0.05, 0) is 29.4 Å². The number of nitro groups is 1. The molecule has 0 aliphatic rings. The number of rotatable bonds is 6. The Morgan fingerprint density at radius 3 is 2.47 bits per heavy atom. The number of hydrogen-bond donors (Lipinski definition) is 0. The highest BCUT2D eigenvalue weighted by molar-refractivity contribution is 14.1. The zero-order valence-corrected chi connectivity index (χ0v) is 11.3. The maximum absolute atomic E-state index is 11.5. The molecule has 0 aliphatic carbocycles. The number of unbranched alkanes of at least 4 members (excludes halogenated alkanes) is 1. The van der Waals surface area contributed by atoms with Gasteiger partial charge in [-0.15, -0.1) is 0 Å². The number of hydrogen-bond acceptors (Lipinski definition) is 4. The van der Waals surface area contributed by atoms with Crippen LogP contribution in [0.25, 0.3) is 0 Å². The summed E-state index contributed by atoms with van der Waals surface area (Å²) in [5.41, 5.74) is 0.302. The van der Waals surface area contributed by atoms with Crippen molar-refractivity contribution in [2.75, 3.05) is 11.0 Å². The van der Waals surface area contributed by atoms with Crippen LogP contribution in [-0.4, -0.2) is 21.9 Å². The van der Waals surface area contributed by atoms with Crippen LogP contribution in [0, 0.1) is 10.1 Å². The number of ether oxygens (including phenoxy) is 1. The molecular formula is C11H12INO4. The van der Waals surface area contributed by atoms with Crippen molar-refractivity contribution in [1.29, 1.82) is 0 Å². The first-order chi connectivity index (χ1) is 8.15. The smallest absolute Gasteiger partial charge is 0.338 e. The average Bonchev–Trinajstić information content (AvgIpc) is 2.34. The van der Waals surface area contributed by atoms with Crippen LogP contribution in [0.1, 0.15) is 23.2 Å². The maximum Gasteiger partial charge on any atom is 0.338 e. The Morgan fingerprint density at radius 1 is 1.29 bits per heavy atom. The monoisotopic (exact) mass is 349 g/mol. The number of carbonyl (C=O) groups excluding carboxylic acids is 1. The molecule has 1 rings (SSSR count). The molecule has 0 bridgehead atoms. The normalized spacial score (nSPS) is 9.94. The largest absolute Gasteiger partial charge is 0.462 e. The van der Waals surface area contributed by atoms with Crippen molar-refractivity contribution in [3.63, 3.8) is 0 Å². The molecule has 0 amide bonds. The zero-order valence-electron chi connectivity index (χ0n) is 9.10. The minimum absolute atomic E-state index is 0.0357. The number of carbonyl (C=O) groups is 1. The quantitative estimate of drug-likeness (QED) is 0.198. The van der Waals surface area contributed by atoms with Gasteiger partial charge in [-0.25, -0.2) is 4.79 Å². The second-order valence-electron chi connectivity index (χ2n) is 3.34. The Balaban J connectivity index is 2.49. The molecule has 0 saturated heterocycles. The van der Waals surface area contributed by atoms with Crippen molar-refractivity contribution in [1.82, 2.24) is 0 Å². The Kier molecular flexibility index (Phi) is 5.88. The molecule has 0 aliphatic heterocycles. The van der Waals surface area contributed by atoms with Crippen LogP contribution in [0.4, 0.5) is 5.69 Å². The second kappa shape index (κ2) is 7.21. The van der Waals surface area contributed by atoms with Gasteiger partial charge in [-0.3, -0.25) is 10.1 Å². The van der Waals surface area contributed by atoms with E-state index in [-0.39, 0.29) is 5.69 Å². The van der Waals surface area contributed by atoms with Crippen LogP contribution in [0.2, 0.25) is 0 Å². The average molecular weight is 349 g/mol. The van der Waals surface area contributed by atoms with Gasteiger partial charge in [0.2, 0.25) is 0 Å². The van der Waals surface area contributed by atoms with Gasteiger partial charge >= 0.3 is 5.97 Å². The molecule has 1 aromatic carbocycles. The number of halogens is 1. The highest BCUT2D eigenvalue weighted by Gasteiger charge is 2.09. The molecule has 6 heteroatoms. The number of alkyl halides is 1. The van der Waals surface area contributed by atoms with Crippen LogP contribution in [0.5, 0.6) is 0 Å². The predicted octanol–water partition coefficient (Wildman–Crippen LogP) is 2.97. The topological polar surface area (TPSA) is 69.4 Å². The lowest BCUT2D eigenvalue weighted by Crippen LogP contribution is -2.06. The zero-order chi connectivity index (χ0) is 12.7. The van der Waals surface area contributed by atoms with Gasteiger partial charge in [0.1, 0.15) is 0 Å². The van der Waals surface area contributed by atoms with Crippen molar-refractivity contribution in [3.8, 4) is 0 Å². The molecule has 1 aromatic rings. The van der Waals surface area contributed by atoms with E-state index < -0.39 is 10.9 Å². The second-order valence-corrected chi connectivity index (χ2v) is 4.41. The lowest BCUT2D eigenvalue weighted by atomic mass is 10.2. The van der Waals surface area contributed by atoms with Crippen molar-refractivity contribution in [2.24, 2.45) is 0 Å². The number of nitro benzene ring substituents is 1. The number of benzene rings is 1. The fraction of sp³-hybridized carbons (Fsp3) is 0.364. The van der Waals surface area contributed by atoms with Crippen molar-refractivity contribution in [3.05, 3.63) is 39.9 Å². The maximum atomic E-state index is 11.5. The van der Waals surface area contributed by atoms with Crippen molar-refractivity contribution >= 4 is 34.2 Å².